The third-order valence-corrected chi connectivity index (χ3v) is 3.56. The van der Waals surface area contributed by atoms with E-state index in [1.165, 1.54) is 5.56 Å². The van der Waals surface area contributed by atoms with E-state index in [0.29, 0.717) is 6.61 Å². The Morgan fingerprint density at radius 1 is 1.50 bits per heavy atom. The Bertz CT molecular complexity index is 353. The molecule has 0 saturated heterocycles. The van der Waals surface area contributed by atoms with E-state index < -0.39 is 0 Å². The zero-order chi connectivity index (χ0) is 13.6. The number of nitrogens with zero attached hydrogens (tertiary/aromatic N) is 2. The minimum atomic E-state index is -0.252. The summed E-state index contributed by atoms with van der Waals surface area (Å²) in [4.78, 5) is 0. The van der Waals surface area contributed by atoms with Crippen LogP contribution in [0, 0.1) is 0 Å². The van der Waals surface area contributed by atoms with Crippen molar-refractivity contribution >= 4 is 0 Å². The molecule has 1 aromatic rings. The molecule has 3 N–H and O–H groups in total. The minimum absolute atomic E-state index is 0.0805. The van der Waals surface area contributed by atoms with Crippen molar-refractivity contribution < 1.29 is 4.74 Å². The number of aryl methyl sites for hydroxylation is 1. The Morgan fingerprint density at radius 3 is 2.67 bits per heavy atom. The van der Waals surface area contributed by atoms with Crippen molar-refractivity contribution in [2.45, 2.75) is 58.7 Å². The van der Waals surface area contributed by atoms with Crippen LogP contribution in [-0.4, -0.2) is 28.0 Å². The van der Waals surface area contributed by atoms with Crippen molar-refractivity contribution in [2.75, 3.05) is 6.61 Å². The Hall–Kier alpha value is -0.910. The summed E-state index contributed by atoms with van der Waals surface area (Å²) in [5.41, 5.74) is 3.82. The minimum Gasteiger partial charge on any atom is -0.374 e. The summed E-state index contributed by atoms with van der Waals surface area (Å²) < 4.78 is 7.79. The molecule has 0 fully saturated rings. The summed E-state index contributed by atoms with van der Waals surface area (Å²) >= 11 is 0. The van der Waals surface area contributed by atoms with Crippen LogP contribution >= 0.6 is 0 Å². The molecule has 0 aromatic carbocycles. The van der Waals surface area contributed by atoms with E-state index in [1.807, 2.05) is 17.8 Å². The average molecular weight is 254 g/mol. The van der Waals surface area contributed by atoms with Gasteiger partial charge in [0, 0.05) is 19.3 Å². The van der Waals surface area contributed by atoms with Gasteiger partial charge in [0.05, 0.1) is 17.8 Å². The summed E-state index contributed by atoms with van der Waals surface area (Å²) in [6.07, 6.45) is 5.70. The molecule has 5 nitrogen and oxygen atoms in total. The summed E-state index contributed by atoms with van der Waals surface area (Å²) in [5.74, 6) is 5.69. The number of nitrogens with two attached hydrogens (primary N) is 1. The third-order valence-electron chi connectivity index (χ3n) is 3.56. The lowest BCUT2D eigenvalue weighted by Gasteiger charge is -2.36. The second-order valence-electron chi connectivity index (χ2n) is 4.73. The van der Waals surface area contributed by atoms with Crippen LogP contribution in [0.2, 0.25) is 0 Å². The summed E-state index contributed by atoms with van der Waals surface area (Å²) in [6.45, 7) is 9.89. The third kappa shape index (κ3) is 3.54. The van der Waals surface area contributed by atoms with Gasteiger partial charge in [0.1, 0.15) is 0 Å². The van der Waals surface area contributed by atoms with E-state index in [2.05, 4.69) is 37.5 Å². The van der Waals surface area contributed by atoms with Gasteiger partial charge in [-0.1, -0.05) is 6.92 Å². The number of rotatable bonds is 8. The van der Waals surface area contributed by atoms with Gasteiger partial charge in [-0.15, -0.1) is 0 Å². The molecule has 0 aliphatic carbocycles. The maximum absolute atomic E-state index is 5.87. The molecule has 1 heterocycles. The maximum Gasteiger partial charge on any atom is 0.0820 e. The molecule has 0 radical (unpaired) electrons. The molecule has 2 atom stereocenters. The Kier molecular flexibility index (Phi) is 5.78. The Balaban J connectivity index is 2.76. The summed E-state index contributed by atoms with van der Waals surface area (Å²) in [5, 5.41) is 4.28. The molecule has 1 aromatic heterocycles. The van der Waals surface area contributed by atoms with Gasteiger partial charge in [0.15, 0.2) is 0 Å². The highest BCUT2D eigenvalue weighted by atomic mass is 16.5. The average Bonchev–Trinajstić information content (AvgIpc) is 2.83. The highest BCUT2D eigenvalue weighted by Crippen LogP contribution is 2.22. The number of hydrogen-bond donors (Lipinski definition) is 2. The molecule has 1 rings (SSSR count). The monoisotopic (exact) mass is 254 g/mol. The van der Waals surface area contributed by atoms with Crippen molar-refractivity contribution in [2.24, 2.45) is 5.84 Å². The fourth-order valence-corrected chi connectivity index (χ4v) is 2.15. The van der Waals surface area contributed by atoms with Crippen molar-refractivity contribution in [3.63, 3.8) is 0 Å². The Morgan fingerprint density at radius 2 is 2.22 bits per heavy atom. The molecule has 104 valence electrons. The second kappa shape index (κ2) is 6.87. The molecule has 0 aliphatic rings. The van der Waals surface area contributed by atoms with Crippen LogP contribution in [0.4, 0.5) is 0 Å². The standard InChI is InChI=1S/C13H26N4O/c1-5-13(4,18-7-3)12(16-14)8-11-9-15-17(6-2)10-11/h9-10,12,16H,5-8,14H2,1-4H3. The molecule has 0 spiro atoms. The van der Waals surface area contributed by atoms with Gasteiger partial charge < -0.3 is 4.74 Å². The molecular weight excluding hydrogens is 228 g/mol. The molecule has 0 amide bonds. The number of ether oxygens (including phenoxy) is 1. The van der Waals surface area contributed by atoms with E-state index in [0.717, 1.165) is 19.4 Å². The topological polar surface area (TPSA) is 65.1 Å². The Labute approximate surface area is 110 Å². The van der Waals surface area contributed by atoms with E-state index in [4.69, 9.17) is 10.6 Å². The van der Waals surface area contributed by atoms with Gasteiger partial charge in [0.25, 0.3) is 0 Å². The SMILES string of the molecule is CCOC(C)(CC)C(Cc1cnn(CC)c1)NN. The first-order chi connectivity index (χ1) is 8.59. The van der Waals surface area contributed by atoms with Crippen molar-refractivity contribution in [3.8, 4) is 0 Å². The van der Waals surface area contributed by atoms with Crippen molar-refractivity contribution in [1.29, 1.82) is 0 Å². The normalized spacial score (nSPS) is 16.5. The largest absolute Gasteiger partial charge is 0.374 e. The van der Waals surface area contributed by atoms with Crippen LogP contribution in [0.15, 0.2) is 12.4 Å². The molecule has 0 aliphatic heterocycles. The maximum atomic E-state index is 5.87. The molecule has 0 saturated carbocycles. The first kappa shape index (κ1) is 15.1. The highest BCUT2D eigenvalue weighted by molar-refractivity contribution is 5.08. The van der Waals surface area contributed by atoms with Gasteiger partial charge in [-0.05, 0) is 39.2 Å². The highest BCUT2D eigenvalue weighted by Gasteiger charge is 2.32. The van der Waals surface area contributed by atoms with Gasteiger partial charge in [-0.25, -0.2) is 0 Å². The van der Waals surface area contributed by atoms with E-state index in [9.17, 15) is 0 Å². The van der Waals surface area contributed by atoms with E-state index in [-0.39, 0.29) is 11.6 Å². The summed E-state index contributed by atoms with van der Waals surface area (Å²) in [7, 11) is 0. The van der Waals surface area contributed by atoms with Gasteiger partial charge in [-0.3, -0.25) is 16.0 Å². The lowest BCUT2D eigenvalue weighted by atomic mass is 9.89. The second-order valence-corrected chi connectivity index (χ2v) is 4.73. The predicted molar refractivity (Wildman–Crippen MR) is 73.0 cm³/mol. The van der Waals surface area contributed by atoms with Crippen LogP contribution in [0.1, 0.15) is 39.7 Å². The van der Waals surface area contributed by atoms with E-state index >= 15 is 0 Å². The predicted octanol–water partition coefficient (Wildman–Crippen LogP) is 1.48. The lowest BCUT2D eigenvalue weighted by molar-refractivity contribution is -0.0550. The first-order valence-electron chi connectivity index (χ1n) is 6.71. The zero-order valence-electron chi connectivity index (χ0n) is 11.9. The van der Waals surface area contributed by atoms with Crippen LogP contribution in [0.3, 0.4) is 0 Å². The molecule has 18 heavy (non-hydrogen) atoms. The van der Waals surface area contributed by atoms with E-state index in [1.54, 1.807) is 0 Å². The summed E-state index contributed by atoms with van der Waals surface area (Å²) in [6, 6.07) is 0.0805. The van der Waals surface area contributed by atoms with Crippen LogP contribution in [0.5, 0.6) is 0 Å². The molecule has 5 heteroatoms. The number of aromatic nitrogens is 2. The molecule has 0 bridgehead atoms. The quantitative estimate of drug-likeness (QED) is 0.545. The number of hydrogen-bond acceptors (Lipinski definition) is 4. The van der Waals surface area contributed by atoms with Gasteiger partial charge in [0.2, 0.25) is 0 Å². The van der Waals surface area contributed by atoms with Crippen LogP contribution < -0.4 is 11.3 Å². The van der Waals surface area contributed by atoms with Crippen LogP contribution in [0.25, 0.3) is 0 Å². The molecule has 2 unspecified atom stereocenters. The van der Waals surface area contributed by atoms with Crippen molar-refractivity contribution in [1.82, 2.24) is 15.2 Å². The zero-order valence-corrected chi connectivity index (χ0v) is 11.9. The molecular formula is C13H26N4O. The number of nitrogens with one attached hydrogen (secondary N) is 1. The van der Waals surface area contributed by atoms with Gasteiger partial charge >= 0.3 is 0 Å². The fraction of sp³-hybridized carbons (Fsp3) is 0.769. The lowest BCUT2D eigenvalue weighted by Crippen LogP contribution is -2.54. The fourth-order valence-electron chi connectivity index (χ4n) is 2.15. The van der Waals surface area contributed by atoms with Gasteiger partial charge in [-0.2, -0.15) is 5.10 Å². The number of hydrazine groups is 1. The first-order valence-corrected chi connectivity index (χ1v) is 6.71. The smallest absolute Gasteiger partial charge is 0.0820 e. The van der Waals surface area contributed by atoms with Crippen molar-refractivity contribution in [3.05, 3.63) is 18.0 Å². The van der Waals surface area contributed by atoms with Crippen LogP contribution in [-0.2, 0) is 17.7 Å².